The minimum absolute atomic E-state index is 0.0847. The van der Waals surface area contributed by atoms with Gasteiger partial charge in [-0.1, -0.05) is 6.92 Å². The Hall–Kier alpha value is -0.830. The topological polar surface area (TPSA) is 43.8 Å². The van der Waals surface area contributed by atoms with Crippen molar-refractivity contribution in [3.05, 3.63) is 18.2 Å². The average molecular weight is 193 g/mol. The molecule has 1 atom stereocenters. The Kier molecular flexibility index (Phi) is 2.35. The first kappa shape index (κ1) is 9.71. The first-order chi connectivity index (χ1) is 6.69. The zero-order valence-corrected chi connectivity index (χ0v) is 9.03. The van der Waals surface area contributed by atoms with Crippen LogP contribution in [0.5, 0.6) is 0 Å². The van der Waals surface area contributed by atoms with Crippen LogP contribution in [-0.4, -0.2) is 9.55 Å². The highest BCUT2D eigenvalue weighted by atomic mass is 15.1. The van der Waals surface area contributed by atoms with Gasteiger partial charge in [0.05, 0.1) is 12.0 Å². The summed E-state index contributed by atoms with van der Waals surface area (Å²) in [7, 11) is 0. The first-order valence-corrected chi connectivity index (χ1v) is 5.48. The standard InChI is InChI=1S/C11H19N3/c1-3-11(5-4-6-11)14-8-13-7-10(14)9(2)12/h7-9H,3-6,12H2,1-2H3/t9-/m0/s1. The molecule has 0 spiro atoms. The van der Waals surface area contributed by atoms with E-state index in [0.29, 0.717) is 5.54 Å². The minimum Gasteiger partial charge on any atom is -0.327 e. The van der Waals surface area contributed by atoms with Gasteiger partial charge in [-0.15, -0.1) is 0 Å². The molecular formula is C11H19N3. The van der Waals surface area contributed by atoms with E-state index in [0.717, 1.165) is 0 Å². The third kappa shape index (κ3) is 1.27. The van der Waals surface area contributed by atoms with Gasteiger partial charge in [0.25, 0.3) is 0 Å². The van der Waals surface area contributed by atoms with E-state index in [1.807, 2.05) is 19.4 Å². The van der Waals surface area contributed by atoms with Crippen molar-refractivity contribution >= 4 is 0 Å². The number of rotatable bonds is 3. The maximum atomic E-state index is 5.93. The fraction of sp³-hybridized carbons (Fsp3) is 0.727. The molecule has 1 aliphatic carbocycles. The van der Waals surface area contributed by atoms with Crippen LogP contribution in [0.25, 0.3) is 0 Å². The van der Waals surface area contributed by atoms with Gasteiger partial charge in [0, 0.05) is 17.8 Å². The summed E-state index contributed by atoms with van der Waals surface area (Å²) in [6.45, 7) is 4.28. The van der Waals surface area contributed by atoms with Gasteiger partial charge in [-0.25, -0.2) is 4.98 Å². The highest BCUT2D eigenvalue weighted by molar-refractivity contribution is 5.10. The normalized spacial score (nSPS) is 21.6. The number of hydrogen-bond donors (Lipinski definition) is 1. The first-order valence-electron chi connectivity index (χ1n) is 5.48. The van der Waals surface area contributed by atoms with Crippen molar-refractivity contribution in [2.24, 2.45) is 5.73 Å². The van der Waals surface area contributed by atoms with E-state index in [1.165, 1.54) is 31.4 Å². The molecular weight excluding hydrogens is 174 g/mol. The molecule has 78 valence electrons. The van der Waals surface area contributed by atoms with Crippen LogP contribution in [0.2, 0.25) is 0 Å². The number of aromatic nitrogens is 2. The summed E-state index contributed by atoms with van der Waals surface area (Å²) < 4.78 is 2.31. The second-order valence-corrected chi connectivity index (χ2v) is 4.41. The minimum atomic E-state index is 0.0847. The van der Waals surface area contributed by atoms with Gasteiger partial charge >= 0.3 is 0 Å². The molecule has 1 aromatic heterocycles. The summed E-state index contributed by atoms with van der Waals surface area (Å²) in [6.07, 6.45) is 8.93. The van der Waals surface area contributed by atoms with Crippen LogP contribution in [-0.2, 0) is 5.54 Å². The third-order valence-electron chi connectivity index (χ3n) is 3.59. The lowest BCUT2D eigenvalue weighted by atomic mass is 9.74. The largest absolute Gasteiger partial charge is 0.327 e. The van der Waals surface area contributed by atoms with Crippen molar-refractivity contribution in [2.45, 2.75) is 51.1 Å². The molecule has 0 saturated heterocycles. The van der Waals surface area contributed by atoms with Crippen molar-refractivity contribution in [2.75, 3.05) is 0 Å². The fourth-order valence-electron chi connectivity index (χ4n) is 2.39. The predicted octanol–water partition coefficient (Wildman–Crippen LogP) is 2.19. The van der Waals surface area contributed by atoms with Gasteiger partial charge in [-0.05, 0) is 32.6 Å². The van der Waals surface area contributed by atoms with Crippen LogP contribution in [0.15, 0.2) is 12.5 Å². The van der Waals surface area contributed by atoms with Crippen molar-refractivity contribution in [3.8, 4) is 0 Å². The van der Waals surface area contributed by atoms with Crippen molar-refractivity contribution in [1.29, 1.82) is 0 Å². The fourth-order valence-corrected chi connectivity index (χ4v) is 2.39. The number of nitrogens with two attached hydrogens (primary N) is 1. The van der Waals surface area contributed by atoms with E-state index in [4.69, 9.17) is 5.73 Å². The molecule has 0 aliphatic heterocycles. The molecule has 1 saturated carbocycles. The molecule has 0 unspecified atom stereocenters. The van der Waals surface area contributed by atoms with E-state index < -0.39 is 0 Å². The van der Waals surface area contributed by atoms with Gasteiger partial charge in [0.1, 0.15) is 0 Å². The zero-order chi connectivity index (χ0) is 10.2. The molecule has 1 fully saturated rings. The van der Waals surface area contributed by atoms with Crippen LogP contribution in [0, 0.1) is 0 Å². The Balaban J connectivity index is 2.35. The highest BCUT2D eigenvalue weighted by Crippen LogP contribution is 2.43. The highest BCUT2D eigenvalue weighted by Gasteiger charge is 2.38. The quantitative estimate of drug-likeness (QED) is 0.799. The Morgan fingerprint density at radius 2 is 2.36 bits per heavy atom. The van der Waals surface area contributed by atoms with E-state index in [-0.39, 0.29) is 6.04 Å². The molecule has 1 aliphatic rings. The second kappa shape index (κ2) is 3.39. The summed E-state index contributed by atoms with van der Waals surface area (Å²) in [4.78, 5) is 4.22. The van der Waals surface area contributed by atoms with E-state index in [2.05, 4.69) is 16.5 Å². The smallest absolute Gasteiger partial charge is 0.0953 e. The van der Waals surface area contributed by atoms with E-state index in [9.17, 15) is 0 Å². The SMILES string of the molecule is CCC1(n2cncc2[C@H](C)N)CCC1. The summed E-state index contributed by atoms with van der Waals surface area (Å²) in [5.41, 5.74) is 7.43. The lowest BCUT2D eigenvalue weighted by molar-refractivity contribution is 0.131. The van der Waals surface area contributed by atoms with Gasteiger partial charge in [0.15, 0.2) is 0 Å². The lowest BCUT2D eigenvalue weighted by Gasteiger charge is -2.44. The van der Waals surface area contributed by atoms with Gasteiger partial charge in [0.2, 0.25) is 0 Å². The molecule has 2 N–H and O–H groups in total. The molecule has 3 nitrogen and oxygen atoms in total. The molecule has 3 heteroatoms. The van der Waals surface area contributed by atoms with Crippen molar-refractivity contribution in [1.82, 2.24) is 9.55 Å². The average Bonchev–Trinajstić information content (AvgIpc) is 2.52. The Bertz CT molecular complexity index is 305. The number of nitrogens with zero attached hydrogens (tertiary/aromatic N) is 2. The van der Waals surface area contributed by atoms with Crippen LogP contribution in [0.1, 0.15) is 51.3 Å². The molecule has 14 heavy (non-hydrogen) atoms. The summed E-state index contributed by atoms with van der Waals surface area (Å²) in [5, 5.41) is 0. The van der Waals surface area contributed by atoms with Crippen LogP contribution < -0.4 is 5.73 Å². The molecule has 0 radical (unpaired) electrons. The molecule has 2 rings (SSSR count). The van der Waals surface area contributed by atoms with Crippen LogP contribution in [0.3, 0.4) is 0 Å². The van der Waals surface area contributed by atoms with Gasteiger partial charge in [-0.3, -0.25) is 0 Å². The maximum Gasteiger partial charge on any atom is 0.0953 e. The predicted molar refractivity (Wildman–Crippen MR) is 56.9 cm³/mol. The zero-order valence-electron chi connectivity index (χ0n) is 9.03. The van der Waals surface area contributed by atoms with Gasteiger partial charge < -0.3 is 10.3 Å². The summed E-state index contributed by atoms with van der Waals surface area (Å²) in [5.74, 6) is 0. The molecule has 0 amide bonds. The maximum absolute atomic E-state index is 5.93. The molecule has 0 bridgehead atoms. The molecule has 1 aromatic rings. The van der Waals surface area contributed by atoms with E-state index in [1.54, 1.807) is 0 Å². The van der Waals surface area contributed by atoms with Crippen LogP contribution >= 0.6 is 0 Å². The molecule has 0 aromatic carbocycles. The van der Waals surface area contributed by atoms with Gasteiger partial charge in [-0.2, -0.15) is 0 Å². The van der Waals surface area contributed by atoms with Crippen molar-refractivity contribution in [3.63, 3.8) is 0 Å². The molecule has 1 heterocycles. The Morgan fingerprint density at radius 1 is 1.64 bits per heavy atom. The second-order valence-electron chi connectivity index (χ2n) is 4.41. The van der Waals surface area contributed by atoms with E-state index >= 15 is 0 Å². The summed E-state index contributed by atoms with van der Waals surface area (Å²) >= 11 is 0. The Morgan fingerprint density at radius 3 is 2.79 bits per heavy atom. The van der Waals surface area contributed by atoms with Crippen LogP contribution in [0.4, 0.5) is 0 Å². The van der Waals surface area contributed by atoms with Crippen molar-refractivity contribution < 1.29 is 0 Å². The summed E-state index contributed by atoms with van der Waals surface area (Å²) in [6, 6.07) is 0.0847. The number of hydrogen-bond acceptors (Lipinski definition) is 2. The Labute approximate surface area is 85.3 Å². The monoisotopic (exact) mass is 193 g/mol. The third-order valence-corrected chi connectivity index (χ3v) is 3.59. The number of imidazole rings is 1. The lowest BCUT2D eigenvalue weighted by Crippen LogP contribution is -2.41.